The van der Waals surface area contributed by atoms with Crippen LogP contribution in [0.5, 0.6) is 5.75 Å². The summed E-state index contributed by atoms with van der Waals surface area (Å²) in [6.45, 7) is -0.943. The predicted molar refractivity (Wildman–Crippen MR) is 107 cm³/mol. The van der Waals surface area contributed by atoms with E-state index in [1.165, 1.54) is 0 Å². The van der Waals surface area contributed by atoms with E-state index in [9.17, 15) is 54.9 Å². The van der Waals surface area contributed by atoms with Crippen LogP contribution < -0.4 is 14.5 Å². The number of hydrogen-bond donors (Lipinski definition) is 2. The van der Waals surface area contributed by atoms with Gasteiger partial charge in [0.25, 0.3) is 5.91 Å². The molecule has 0 radical (unpaired) electrons. The minimum Gasteiger partial charge on any atom is -0.407 e. The van der Waals surface area contributed by atoms with Crippen molar-refractivity contribution in [3.8, 4) is 5.75 Å². The smallest absolute Gasteiger partial charge is 0.407 e. The molecule has 0 aromatic heterocycles. The van der Waals surface area contributed by atoms with Gasteiger partial charge in [0.1, 0.15) is 23.3 Å². The van der Waals surface area contributed by atoms with Crippen molar-refractivity contribution in [3.05, 3.63) is 52.0 Å². The van der Waals surface area contributed by atoms with Crippen LogP contribution in [-0.4, -0.2) is 48.0 Å². The van der Waals surface area contributed by atoms with Gasteiger partial charge in [-0.2, -0.15) is 26.3 Å². The molecule has 1 saturated heterocycles. The maximum atomic E-state index is 14.1. The number of rotatable bonds is 3. The van der Waals surface area contributed by atoms with Crippen LogP contribution >= 0.6 is 11.6 Å². The molecule has 0 saturated carbocycles. The van der Waals surface area contributed by atoms with E-state index in [1.807, 2.05) is 0 Å². The summed E-state index contributed by atoms with van der Waals surface area (Å²) in [6, 6.07) is 0.533. The molecule has 0 spiro atoms. The number of carbonyl (C=O) groups excluding carboxylic acids is 2. The summed E-state index contributed by atoms with van der Waals surface area (Å²) in [7, 11) is 0.778. The monoisotopic (exact) mass is 548 g/mol. The summed E-state index contributed by atoms with van der Waals surface area (Å²) in [6.07, 6.45) is -16.8. The number of ether oxygens (including phenoxy) is 1. The van der Waals surface area contributed by atoms with Gasteiger partial charge in [0.15, 0.2) is 11.9 Å². The second kappa shape index (κ2) is 9.37. The molecular formula is C20H13ClF8N2O5. The fourth-order valence-electron chi connectivity index (χ4n) is 3.24. The maximum Gasteiger partial charge on any atom is 0.420 e. The molecule has 2 aromatic rings. The van der Waals surface area contributed by atoms with E-state index in [-0.39, 0.29) is 28.0 Å². The van der Waals surface area contributed by atoms with E-state index in [2.05, 4.69) is 4.74 Å². The Bertz CT molecular complexity index is 1220. The van der Waals surface area contributed by atoms with Crippen molar-refractivity contribution in [1.29, 1.82) is 0 Å². The van der Waals surface area contributed by atoms with Gasteiger partial charge in [-0.25, -0.2) is 13.6 Å². The highest BCUT2D eigenvalue weighted by molar-refractivity contribution is 6.31. The Morgan fingerprint density at radius 3 is 2.17 bits per heavy atom. The molecule has 1 heterocycles. The Morgan fingerprint density at radius 2 is 1.67 bits per heavy atom. The Hall–Kier alpha value is -3.17. The lowest BCUT2D eigenvalue weighted by Crippen LogP contribution is -2.34. The van der Waals surface area contributed by atoms with Gasteiger partial charge in [0.2, 0.25) is 0 Å². The van der Waals surface area contributed by atoms with Gasteiger partial charge in [-0.1, -0.05) is 11.6 Å². The van der Waals surface area contributed by atoms with Crippen LogP contribution in [0.2, 0.25) is 5.02 Å². The van der Waals surface area contributed by atoms with Crippen LogP contribution in [0, 0.1) is 11.6 Å². The molecule has 1 aliphatic rings. The number of aliphatic hydroxyl groups is 2. The van der Waals surface area contributed by atoms with Crippen molar-refractivity contribution in [3.63, 3.8) is 0 Å². The highest BCUT2D eigenvalue weighted by atomic mass is 35.5. The zero-order valence-corrected chi connectivity index (χ0v) is 18.3. The van der Waals surface area contributed by atoms with Gasteiger partial charge in [0.05, 0.1) is 28.5 Å². The molecule has 2 unspecified atom stereocenters. The molecule has 7 nitrogen and oxygen atoms in total. The minimum atomic E-state index is -5.57. The molecule has 1 fully saturated rings. The third kappa shape index (κ3) is 5.17. The van der Waals surface area contributed by atoms with Crippen molar-refractivity contribution in [2.24, 2.45) is 0 Å². The van der Waals surface area contributed by atoms with Crippen LogP contribution in [0.3, 0.4) is 0 Å². The second-order valence-electron chi connectivity index (χ2n) is 7.47. The number of aliphatic hydroxyl groups excluding tert-OH is 2. The Labute approximate surface area is 201 Å². The quantitative estimate of drug-likeness (QED) is 0.440. The standard InChI is InChI=1S/C20H13ClF8N2O5/c1-30(12-4-9(21)10(22)5-11(12)23)18(35)36-16-8(20(27,28)29)2-7(19(24,25)26)3-13(16)31-6-14(32)15(33)17(31)34/h2-5,14-15,32-33H,6H2,1H3. The van der Waals surface area contributed by atoms with E-state index in [0.29, 0.717) is 6.07 Å². The first-order chi connectivity index (χ1) is 16.4. The third-order valence-electron chi connectivity index (χ3n) is 5.06. The molecule has 2 N–H and O–H groups in total. The fraction of sp³-hybridized carbons (Fsp3) is 0.300. The van der Waals surface area contributed by atoms with E-state index < -0.39 is 88.0 Å². The topological polar surface area (TPSA) is 90.3 Å². The highest BCUT2D eigenvalue weighted by Gasteiger charge is 2.46. The summed E-state index contributed by atoms with van der Waals surface area (Å²) in [4.78, 5) is 25.3. The van der Waals surface area contributed by atoms with Gasteiger partial charge in [-0.05, 0) is 18.2 Å². The van der Waals surface area contributed by atoms with Crippen LogP contribution in [0.4, 0.5) is 51.3 Å². The number of carbonyl (C=O) groups is 2. The number of amides is 2. The maximum absolute atomic E-state index is 14.1. The molecule has 2 aromatic carbocycles. The summed E-state index contributed by atoms with van der Waals surface area (Å²) >= 11 is 5.53. The fourth-order valence-corrected chi connectivity index (χ4v) is 3.39. The molecule has 2 amide bonds. The molecular weight excluding hydrogens is 536 g/mol. The number of benzene rings is 2. The lowest BCUT2D eigenvalue weighted by atomic mass is 10.1. The van der Waals surface area contributed by atoms with Crippen molar-refractivity contribution in [2.45, 2.75) is 24.6 Å². The summed E-state index contributed by atoms with van der Waals surface area (Å²) in [5.41, 5.74) is -6.05. The molecule has 3 rings (SSSR count). The van der Waals surface area contributed by atoms with Crippen LogP contribution in [-0.2, 0) is 17.1 Å². The van der Waals surface area contributed by atoms with E-state index in [1.54, 1.807) is 0 Å². The van der Waals surface area contributed by atoms with Crippen molar-refractivity contribution in [2.75, 3.05) is 23.4 Å². The Balaban J connectivity index is 2.18. The number of nitrogens with zero attached hydrogens (tertiary/aromatic N) is 2. The summed E-state index contributed by atoms with van der Waals surface area (Å²) < 4.78 is 114. The Morgan fingerprint density at radius 1 is 1.06 bits per heavy atom. The molecule has 0 aliphatic carbocycles. The van der Waals surface area contributed by atoms with Crippen LogP contribution in [0.1, 0.15) is 11.1 Å². The summed E-state index contributed by atoms with van der Waals surface area (Å²) in [5.74, 6) is -5.69. The molecule has 1 aliphatic heterocycles. The van der Waals surface area contributed by atoms with Gasteiger partial charge >= 0.3 is 18.4 Å². The second-order valence-corrected chi connectivity index (χ2v) is 7.88. The molecule has 2 atom stereocenters. The number of alkyl halides is 6. The third-order valence-corrected chi connectivity index (χ3v) is 5.35. The average Bonchev–Trinajstić information content (AvgIpc) is 3.01. The molecule has 0 bridgehead atoms. The van der Waals surface area contributed by atoms with Crippen molar-refractivity contribution < 1.29 is 59.7 Å². The molecule has 196 valence electrons. The number of halogens is 9. The molecule has 16 heteroatoms. The normalized spacial score (nSPS) is 18.6. The number of hydrogen-bond acceptors (Lipinski definition) is 5. The van der Waals surface area contributed by atoms with Crippen molar-refractivity contribution >= 4 is 35.0 Å². The van der Waals surface area contributed by atoms with Crippen molar-refractivity contribution in [1.82, 2.24) is 0 Å². The lowest BCUT2D eigenvalue weighted by Gasteiger charge is -2.26. The lowest BCUT2D eigenvalue weighted by molar-refractivity contribution is -0.143. The predicted octanol–water partition coefficient (Wildman–Crippen LogP) is 4.36. The van der Waals surface area contributed by atoms with E-state index in [4.69, 9.17) is 11.6 Å². The first kappa shape index (κ1) is 27.4. The first-order valence-electron chi connectivity index (χ1n) is 9.53. The average molecular weight is 549 g/mol. The number of β-amino-alcohol motifs (C(OH)–C–C–N with tert-alkyl or cyclic N) is 1. The van der Waals surface area contributed by atoms with E-state index in [0.717, 1.165) is 7.05 Å². The van der Waals surface area contributed by atoms with Gasteiger partial charge in [-0.3, -0.25) is 9.69 Å². The highest BCUT2D eigenvalue weighted by Crippen LogP contribution is 2.47. The van der Waals surface area contributed by atoms with Gasteiger partial charge in [-0.15, -0.1) is 0 Å². The Kier molecular flexibility index (Phi) is 7.13. The minimum absolute atomic E-state index is 0.0514. The largest absolute Gasteiger partial charge is 0.420 e. The zero-order valence-electron chi connectivity index (χ0n) is 17.6. The van der Waals surface area contributed by atoms with E-state index >= 15 is 0 Å². The van der Waals surface area contributed by atoms with Gasteiger partial charge < -0.3 is 19.8 Å². The van der Waals surface area contributed by atoms with Crippen LogP contribution in [0.15, 0.2) is 24.3 Å². The van der Waals surface area contributed by atoms with Crippen LogP contribution in [0.25, 0.3) is 0 Å². The summed E-state index contributed by atoms with van der Waals surface area (Å²) in [5, 5.41) is 18.7. The first-order valence-corrected chi connectivity index (χ1v) is 9.91. The molecule has 36 heavy (non-hydrogen) atoms. The SMILES string of the molecule is CN(C(=O)Oc1c(N2CC(O)C(O)C2=O)cc(C(F)(F)F)cc1C(F)(F)F)c1cc(Cl)c(F)cc1F. The zero-order chi connectivity index (χ0) is 27.3. The van der Waals surface area contributed by atoms with Gasteiger partial charge in [0, 0.05) is 13.1 Å². The number of anilines is 2.